The maximum absolute atomic E-state index is 12.4. The second-order valence-corrected chi connectivity index (χ2v) is 6.84. The Morgan fingerprint density at radius 1 is 1.29 bits per heavy atom. The van der Waals surface area contributed by atoms with E-state index >= 15 is 0 Å². The molecular formula is C17H11ClN2O3S. The number of esters is 1. The van der Waals surface area contributed by atoms with E-state index in [9.17, 15) is 9.59 Å². The number of carbonyl (C=O) groups excluding carboxylic acids is 2. The van der Waals surface area contributed by atoms with E-state index in [1.807, 2.05) is 12.1 Å². The van der Waals surface area contributed by atoms with E-state index in [1.54, 1.807) is 30.3 Å². The summed E-state index contributed by atoms with van der Waals surface area (Å²) in [7, 11) is 0. The molecule has 1 atom stereocenters. The number of benzene rings is 2. The second kappa shape index (κ2) is 5.89. The summed E-state index contributed by atoms with van der Waals surface area (Å²) in [6.45, 7) is 0. The quantitative estimate of drug-likeness (QED) is 0.710. The minimum absolute atomic E-state index is 0.352. The molecule has 24 heavy (non-hydrogen) atoms. The van der Waals surface area contributed by atoms with Gasteiger partial charge in [0.05, 0.1) is 15.8 Å². The number of hydrogen-bond donors (Lipinski definition) is 1. The molecular weight excluding hydrogens is 348 g/mol. The highest BCUT2D eigenvalue weighted by Gasteiger charge is 2.31. The van der Waals surface area contributed by atoms with Crippen molar-refractivity contribution in [3.63, 3.8) is 0 Å². The largest absolute Gasteiger partial charge is 0.448 e. The number of ether oxygens (including phenoxy) is 1. The summed E-state index contributed by atoms with van der Waals surface area (Å²) in [4.78, 5) is 28.8. The van der Waals surface area contributed by atoms with Gasteiger partial charge in [0.2, 0.25) is 0 Å². The lowest BCUT2D eigenvalue weighted by molar-refractivity contribution is -0.125. The maximum atomic E-state index is 12.4. The molecule has 7 heteroatoms. The summed E-state index contributed by atoms with van der Waals surface area (Å²) >= 11 is 7.28. The number of anilines is 1. The number of carbonyl (C=O) groups is 2. The van der Waals surface area contributed by atoms with E-state index in [1.165, 1.54) is 11.3 Å². The van der Waals surface area contributed by atoms with E-state index in [0.717, 1.165) is 15.8 Å². The summed E-state index contributed by atoms with van der Waals surface area (Å²) in [5.74, 6) is -0.865. The first-order valence-corrected chi connectivity index (χ1v) is 8.45. The molecule has 1 aromatic heterocycles. The number of amides is 1. The van der Waals surface area contributed by atoms with Crippen LogP contribution in [0.15, 0.2) is 42.5 Å². The monoisotopic (exact) mass is 358 g/mol. The van der Waals surface area contributed by atoms with Crippen molar-refractivity contribution in [2.75, 3.05) is 5.32 Å². The Bertz CT molecular complexity index is 969. The molecule has 1 aliphatic heterocycles. The van der Waals surface area contributed by atoms with E-state index in [-0.39, 0.29) is 5.91 Å². The Morgan fingerprint density at radius 2 is 2.12 bits per heavy atom. The van der Waals surface area contributed by atoms with Crippen LogP contribution in [0.1, 0.15) is 15.9 Å². The van der Waals surface area contributed by atoms with Crippen LogP contribution in [0, 0.1) is 0 Å². The first-order valence-electron chi connectivity index (χ1n) is 7.26. The van der Waals surface area contributed by atoms with Gasteiger partial charge in [-0.15, -0.1) is 0 Å². The fourth-order valence-electron chi connectivity index (χ4n) is 2.62. The number of nitrogens with zero attached hydrogens (tertiary/aromatic N) is 1. The van der Waals surface area contributed by atoms with Crippen molar-refractivity contribution in [1.29, 1.82) is 0 Å². The molecule has 2 aromatic carbocycles. The van der Waals surface area contributed by atoms with Crippen molar-refractivity contribution in [3.8, 4) is 0 Å². The van der Waals surface area contributed by atoms with E-state index in [0.29, 0.717) is 22.1 Å². The van der Waals surface area contributed by atoms with Gasteiger partial charge in [-0.2, -0.15) is 0 Å². The average molecular weight is 359 g/mol. The lowest BCUT2D eigenvalue weighted by Gasteiger charge is -2.23. The van der Waals surface area contributed by atoms with Crippen molar-refractivity contribution in [2.45, 2.75) is 12.5 Å². The average Bonchev–Trinajstić information content (AvgIpc) is 2.96. The topological polar surface area (TPSA) is 68.3 Å². The number of fused-ring (bicyclic) bond motifs is 2. The predicted octanol–water partition coefficient (Wildman–Crippen LogP) is 3.67. The molecule has 2 heterocycles. The molecule has 1 amide bonds. The molecule has 0 saturated heterocycles. The predicted molar refractivity (Wildman–Crippen MR) is 92.6 cm³/mol. The molecule has 5 nitrogen and oxygen atoms in total. The number of hydrogen-bond acceptors (Lipinski definition) is 5. The molecule has 0 unspecified atom stereocenters. The number of rotatable bonds is 2. The summed E-state index contributed by atoms with van der Waals surface area (Å²) in [5, 5.41) is 3.78. The SMILES string of the molecule is O=C1O[C@@H](C(=O)Nc2nc3ccc(Cl)cc3s2)Cc2ccccc21. The maximum Gasteiger partial charge on any atom is 0.339 e. The normalized spacial score (nSPS) is 16.5. The molecule has 1 aliphatic rings. The van der Waals surface area contributed by atoms with Crippen LogP contribution in [-0.2, 0) is 16.0 Å². The number of aromatic nitrogens is 1. The highest BCUT2D eigenvalue weighted by Crippen LogP contribution is 2.29. The third kappa shape index (κ3) is 2.74. The van der Waals surface area contributed by atoms with Crippen LogP contribution in [0.3, 0.4) is 0 Å². The Kier molecular flexibility index (Phi) is 3.70. The van der Waals surface area contributed by atoms with E-state index in [4.69, 9.17) is 16.3 Å². The number of cyclic esters (lactones) is 1. The summed E-state index contributed by atoms with van der Waals surface area (Å²) in [6.07, 6.45) is -0.507. The highest BCUT2D eigenvalue weighted by molar-refractivity contribution is 7.22. The highest BCUT2D eigenvalue weighted by atomic mass is 35.5. The van der Waals surface area contributed by atoms with Gasteiger partial charge in [-0.1, -0.05) is 41.1 Å². The van der Waals surface area contributed by atoms with Gasteiger partial charge in [-0.05, 0) is 29.8 Å². The molecule has 0 aliphatic carbocycles. The molecule has 0 radical (unpaired) electrons. The zero-order valence-corrected chi connectivity index (χ0v) is 13.9. The van der Waals surface area contributed by atoms with Gasteiger partial charge in [-0.25, -0.2) is 9.78 Å². The smallest absolute Gasteiger partial charge is 0.339 e. The molecule has 0 spiro atoms. The minimum atomic E-state index is -0.858. The number of thiazole rings is 1. The Labute approximate surface area is 146 Å². The summed E-state index contributed by atoms with van der Waals surface area (Å²) in [6, 6.07) is 12.5. The van der Waals surface area contributed by atoms with Gasteiger partial charge >= 0.3 is 5.97 Å². The number of nitrogens with one attached hydrogen (secondary N) is 1. The standard InChI is InChI=1S/C17H11ClN2O3S/c18-10-5-6-12-14(8-10)24-17(19-12)20-15(21)13-7-9-3-1-2-4-11(9)16(22)23-13/h1-6,8,13H,7H2,(H,19,20,21)/t13-/m1/s1. The van der Waals surface area contributed by atoms with Crippen LogP contribution in [0.5, 0.6) is 0 Å². The van der Waals surface area contributed by atoms with Gasteiger partial charge in [0, 0.05) is 11.4 Å². The fourth-order valence-corrected chi connectivity index (χ4v) is 3.76. The zero-order chi connectivity index (χ0) is 16.7. The summed E-state index contributed by atoms with van der Waals surface area (Å²) < 4.78 is 6.12. The lowest BCUT2D eigenvalue weighted by atomic mass is 9.98. The van der Waals surface area contributed by atoms with Gasteiger partial charge in [0.25, 0.3) is 5.91 Å². The lowest BCUT2D eigenvalue weighted by Crippen LogP contribution is -2.37. The first-order chi connectivity index (χ1) is 11.6. The second-order valence-electron chi connectivity index (χ2n) is 5.38. The van der Waals surface area contributed by atoms with E-state index < -0.39 is 12.1 Å². The van der Waals surface area contributed by atoms with Gasteiger partial charge in [0.1, 0.15) is 0 Å². The van der Waals surface area contributed by atoms with Gasteiger partial charge in [0.15, 0.2) is 11.2 Å². The van der Waals surface area contributed by atoms with Crippen molar-refractivity contribution >= 4 is 50.2 Å². The molecule has 0 fully saturated rings. The van der Waals surface area contributed by atoms with Crippen LogP contribution < -0.4 is 5.32 Å². The van der Waals surface area contributed by atoms with Crippen LogP contribution >= 0.6 is 22.9 Å². The Balaban J connectivity index is 1.55. The Morgan fingerprint density at radius 3 is 3.00 bits per heavy atom. The zero-order valence-electron chi connectivity index (χ0n) is 12.3. The molecule has 1 N–H and O–H groups in total. The van der Waals surface area contributed by atoms with Crippen LogP contribution in [0.4, 0.5) is 5.13 Å². The molecule has 3 aromatic rings. The Hall–Kier alpha value is -2.44. The molecule has 0 bridgehead atoms. The van der Waals surface area contributed by atoms with Crippen LogP contribution in [0.2, 0.25) is 5.02 Å². The van der Waals surface area contributed by atoms with Gasteiger partial charge in [-0.3, -0.25) is 10.1 Å². The first kappa shape index (κ1) is 15.1. The van der Waals surface area contributed by atoms with Crippen molar-refractivity contribution in [2.24, 2.45) is 0 Å². The molecule has 120 valence electrons. The van der Waals surface area contributed by atoms with Gasteiger partial charge < -0.3 is 4.74 Å². The summed E-state index contributed by atoms with van der Waals surface area (Å²) in [5.41, 5.74) is 2.08. The minimum Gasteiger partial charge on any atom is -0.448 e. The third-order valence-corrected chi connectivity index (χ3v) is 4.93. The fraction of sp³-hybridized carbons (Fsp3) is 0.118. The third-order valence-electron chi connectivity index (χ3n) is 3.76. The number of halogens is 1. The van der Waals surface area contributed by atoms with E-state index in [2.05, 4.69) is 10.3 Å². The van der Waals surface area contributed by atoms with Crippen molar-refractivity contribution < 1.29 is 14.3 Å². The van der Waals surface area contributed by atoms with Crippen LogP contribution in [0.25, 0.3) is 10.2 Å². The van der Waals surface area contributed by atoms with Crippen LogP contribution in [-0.4, -0.2) is 23.0 Å². The molecule has 0 saturated carbocycles. The van der Waals surface area contributed by atoms with Crippen molar-refractivity contribution in [1.82, 2.24) is 4.98 Å². The van der Waals surface area contributed by atoms with Crippen molar-refractivity contribution in [3.05, 3.63) is 58.6 Å². The molecule has 4 rings (SSSR count).